The molecule has 0 unspecified atom stereocenters. The summed E-state index contributed by atoms with van der Waals surface area (Å²) in [5.74, 6) is 2.41. The van der Waals surface area contributed by atoms with Gasteiger partial charge in [0.05, 0.1) is 5.69 Å². The Morgan fingerprint density at radius 3 is 3.11 bits per heavy atom. The summed E-state index contributed by atoms with van der Waals surface area (Å²) in [5.41, 5.74) is 2.61. The van der Waals surface area contributed by atoms with Crippen molar-refractivity contribution in [1.29, 1.82) is 0 Å². The van der Waals surface area contributed by atoms with Crippen molar-refractivity contribution in [2.45, 2.75) is 11.5 Å². The zero-order chi connectivity index (χ0) is 12.5. The zero-order valence-electron chi connectivity index (χ0n) is 9.88. The van der Waals surface area contributed by atoms with Crippen LogP contribution in [-0.4, -0.2) is 20.7 Å². The van der Waals surface area contributed by atoms with Crippen molar-refractivity contribution >= 4 is 23.5 Å². The van der Waals surface area contributed by atoms with Crippen molar-refractivity contribution < 1.29 is 4.79 Å². The molecule has 3 rings (SSSR count). The second-order valence-corrected chi connectivity index (χ2v) is 5.04. The van der Waals surface area contributed by atoms with Gasteiger partial charge in [-0.25, -0.2) is 0 Å². The van der Waals surface area contributed by atoms with E-state index in [1.54, 1.807) is 29.1 Å². The molecular weight excluding hydrogens is 248 g/mol. The fraction of sp³-hybridized carbons (Fsp3) is 0.250. The van der Waals surface area contributed by atoms with E-state index in [1.807, 2.05) is 18.8 Å². The minimum Gasteiger partial charge on any atom is -0.305 e. The number of fused-ring (bicyclic) bond motifs is 1. The molecule has 0 aromatic carbocycles. The van der Waals surface area contributed by atoms with Crippen LogP contribution in [0, 0.1) is 0 Å². The van der Waals surface area contributed by atoms with Crippen LogP contribution in [0.3, 0.4) is 0 Å². The molecule has 6 heteroatoms. The first-order chi connectivity index (χ1) is 8.75. The van der Waals surface area contributed by atoms with Gasteiger partial charge in [0, 0.05) is 30.3 Å². The lowest BCUT2D eigenvalue weighted by atomic mass is 10.2. The van der Waals surface area contributed by atoms with Crippen molar-refractivity contribution in [2.75, 3.05) is 5.32 Å². The van der Waals surface area contributed by atoms with Crippen LogP contribution in [0.15, 0.2) is 24.4 Å². The predicted octanol–water partition coefficient (Wildman–Crippen LogP) is 1.81. The molecule has 0 atom stereocenters. The molecule has 0 spiro atoms. The van der Waals surface area contributed by atoms with Crippen LogP contribution in [0.4, 0.5) is 5.82 Å². The number of aromatic nitrogens is 3. The number of hydrogen-bond acceptors (Lipinski definition) is 4. The van der Waals surface area contributed by atoms with Crippen molar-refractivity contribution in [3.63, 3.8) is 0 Å². The average molecular weight is 260 g/mol. The summed E-state index contributed by atoms with van der Waals surface area (Å²) in [7, 11) is 1.84. The Kier molecular flexibility index (Phi) is 2.79. The maximum absolute atomic E-state index is 12.0. The van der Waals surface area contributed by atoms with E-state index in [2.05, 4.69) is 15.4 Å². The van der Waals surface area contributed by atoms with Crippen molar-refractivity contribution in [3.05, 3.63) is 41.3 Å². The molecule has 0 bridgehead atoms. The zero-order valence-corrected chi connectivity index (χ0v) is 10.7. The highest BCUT2D eigenvalue weighted by Gasteiger charge is 2.22. The second kappa shape index (κ2) is 4.45. The molecule has 0 radical (unpaired) electrons. The van der Waals surface area contributed by atoms with E-state index in [9.17, 15) is 4.79 Å². The first-order valence-electron chi connectivity index (χ1n) is 5.60. The first-order valence-corrected chi connectivity index (χ1v) is 6.76. The molecule has 18 heavy (non-hydrogen) atoms. The standard InChI is InChI=1S/C12H12N4OS/c1-16-11(8-6-18-7-10(8)15-16)14-12(17)9-4-2-3-5-13-9/h2-5H,6-7H2,1H3,(H,14,17). The van der Waals surface area contributed by atoms with Gasteiger partial charge in [-0.2, -0.15) is 16.9 Å². The Bertz CT molecular complexity index is 594. The normalized spacial score (nSPS) is 13.4. The summed E-state index contributed by atoms with van der Waals surface area (Å²) in [4.78, 5) is 16.1. The molecule has 5 nitrogen and oxygen atoms in total. The highest BCUT2D eigenvalue weighted by molar-refractivity contribution is 7.98. The largest absolute Gasteiger partial charge is 0.305 e. The number of aryl methyl sites for hydroxylation is 1. The molecule has 1 aliphatic heterocycles. The van der Waals surface area contributed by atoms with Gasteiger partial charge < -0.3 is 5.32 Å². The van der Waals surface area contributed by atoms with E-state index in [-0.39, 0.29) is 5.91 Å². The third-order valence-corrected chi connectivity index (χ3v) is 3.81. The summed E-state index contributed by atoms with van der Waals surface area (Å²) < 4.78 is 1.73. The number of carbonyl (C=O) groups excluding carboxylic acids is 1. The quantitative estimate of drug-likeness (QED) is 0.894. The lowest BCUT2D eigenvalue weighted by molar-refractivity contribution is 0.102. The minimum absolute atomic E-state index is 0.196. The van der Waals surface area contributed by atoms with Crippen LogP contribution in [-0.2, 0) is 18.6 Å². The Morgan fingerprint density at radius 2 is 2.33 bits per heavy atom. The minimum atomic E-state index is -0.196. The van der Waals surface area contributed by atoms with Gasteiger partial charge >= 0.3 is 0 Å². The number of thioether (sulfide) groups is 1. The molecule has 2 aromatic rings. The van der Waals surface area contributed by atoms with E-state index in [4.69, 9.17) is 0 Å². The molecule has 3 heterocycles. The Balaban J connectivity index is 1.87. The van der Waals surface area contributed by atoms with Gasteiger partial charge in [-0.05, 0) is 12.1 Å². The van der Waals surface area contributed by atoms with Gasteiger partial charge in [-0.1, -0.05) is 6.07 Å². The lowest BCUT2D eigenvalue weighted by Gasteiger charge is -2.06. The van der Waals surface area contributed by atoms with E-state index in [0.717, 1.165) is 28.6 Å². The van der Waals surface area contributed by atoms with E-state index < -0.39 is 0 Å². The fourth-order valence-corrected chi connectivity index (χ4v) is 3.00. The smallest absolute Gasteiger partial charge is 0.275 e. The van der Waals surface area contributed by atoms with Crippen LogP contribution in [0.1, 0.15) is 21.7 Å². The van der Waals surface area contributed by atoms with Crippen molar-refractivity contribution in [3.8, 4) is 0 Å². The van der Waals surface area contributed by atoms with Gasteiger partial charge in [0.15, 0.2) is 0 Å². The third kappa shape index (κ3) is 1.88. The molecule has 2 aromatic heterocycles. The number of pyridine rings is 1. The molecule has 0 aliphatic carbocycles. The molecule has 1 aliphatic rings. The average Bonchev–Trinajstić information content (AvgIpc) is 2.94. The van der Waals surface area contributed by atoms with Crippen LogP contribution < -0.4 is 5.32 Å². The molecule has 1 N–H and O–H groups in total. The SMILES string of the molecule is Cn1nc2c(c1NC(=O)c1ccccn1)CSC2. The third-order valence-electron chi connectivity index (χ3n) is 2.84. The molecule has 92 valence electrons. The number of carbonyl (C=O) groups is 1. The van der Waals surface area contributed by atoms with Gasteiger partial charge in [0.1, 0.15) is 11.5 Å². The highest BCUT2D eigenvalue weighted by atomic mass is 32.2. The number of nitrogens with zero attached hydrogens (tertiary/aromatic N) is 3. The van der Waals surface area contributed by atoms with E-state index >= 15 is 0 Å². The Hall–Kier alpha value is -1.82. The summed E-state index contributed by atoms with van der Waals surface area (Å²) in [5, 5.41) is 7.29. The molecule has 0 saturated carbocycles. The van der Waals surface area contributed by atoms with Crippen LogP contribution in [0.5, 0.6) is 0 Å². The summed E-state index contributed by atoms with van der Waals surface area (Å²) in [6, 6.07) is 5.28. The number of nitrogens with one attached hydrogen (secondary N) is 1. The van der Waals surface area contributed by atoms with Crippen LogP contribution >= 0.6 is 11.8 Å². The summed E-state index contributed by atoms with van der Waals surface area (Å²) in [6.07, 6.45) is 1.61. The molecule has 0 fully saturated rings. The maximum atomic E-state index is 12.0. The van der Waals surface area contributed by atoms with E-state index in [0.29, 0.717) is 5.69 Å². The first kappa shape index (κ1) is 11.3. The monoisotopic (exact) mass is 260 g/mol. The second-order valence-electron chi connectivity index (χ2n) is 4.06. The highest BCUT2D eigenvalue weighted by Crippen LogP contribution is 2.34. The fourth-order valence-electron chi connectivity index (χ4n) is 1.97. The lowest BCUT2D eigenvalue weighted by Crippen LogP contribution is -2.16. The van der Waals surface area contributed by atoms with Gasteiger partial charge in [-0.3, -0.25) is 14.5 Å². The van der Waals surface area contributed by atoms with Crippen LogP contribution in [0.25, 0.3) is 0 Å². The van der Waals surface area contributed by atoms with E-state index in [1.165, 1.54) is 0 Å². The van der Waals surface area contributed by atoms with Gasteiger partial charge in [0.2, 0.25) is 0 Å². The maximum Gasteiger partial charge on any atom is 0.275 e. The Morgan fingerprint density at radius 1 is 1.44 bits per heavy atom. The Labute approximate surface area is 109 Å². The predicted molar refractivity (Wildman–Crippen MR) is 70.4 cm³/mol. The topological polar surface area (TPSA) is 59.8 Å². The molecule has 1 amide bonds. The number of rotatable bonds is 2. The number of hydrogen-bond donors (Lipinski definition) is 1. The van der Waals surface area contributed by atoms with Crippen molar-refractivity contribution in [1.82, 2.24) is 14.8 Å². The molecular formula is C12H12N4OS. The summed E-state index contributed by atoms with van der Waals surface area (Å²) >= 11 is 1.81. The van der Waals surface area contributed by atoms with Gasteiger partial charge in [0.25, 0.3) is 5.91 Å². The summed E-state index contributed by atoms with van der Waals surface area (Å²) in [6.45, 7) is 0. The number of anilines is 1. The van der Waals surface area contributed by atoms with Crippen LogP contribution in [0.2, 0.25) is 0 Å². The van der Waals surface area contributed by atoms with Crippen molar-refractivity contribution in [2.24, 2.45) is 7.05 Å². The van der Waals surface area contributed by atoms with Gasteiger partial charge in [-0.15, -0.1) is 0 Å². The number of amides is 1. The molecule has 0 saturated heterocycles.